The Kier molecular flexibility index (Phi) is 4.92. The van der Waals surface area contributed by atoms with E-state index in [-0.39, 0.29) is 13.4 Å². The SMILES string of the molecule is C.COC(=O)CCc1cccc(-c2cc3nc(NC4CC4)c4[nH]cnc4n3n2)c1. The minimum absolute atomic E-state index is 0. The van der Waals surface area contributed by atoms with E-state index in [9.17, 15) is 4.79 Å². The molecule has 0 radical (unpaired) electrons. The molecule has 29 heavy (non-hydrogen) atoms. The van der Waals surface area contributed by atoms with Crippen LogP contribution in [-0.2, 0) is 16.0 Å². The van der Waals surface area contributed by atoms with Crippen molar-refractivity contribution in [3.05, 3.63) is 42.2 Å². The molecular weight excluding hydrogens is 368 g/mol. The summed E-state index contributed by atoms with van der Waals surface area (Å²) in [5, 5.41) is 8.18. The van der Waals surface area contributed by atoms with Crippen LogP contribution in [-0.4, -0.2) is 43.7 Å². The molecule has 0 unspecified atom stereocenters. The monoisotopic (exact) mass is 392 g/mol. The molecule has 8 nitrogen and oxygen atoms in total. The third-order valence-electron chi connectivity index (χ3n) is 4.96. The number of aryl methyl sites for hydroxylation is 1. The fourth-order valence-electron chi connectivity index (χ4n) is 3.30. The van der Waals surface area contributed by atoms with Crippen molar-refractivity contribution in [2.75, 3.05) is 12.4 Å². The van der Waals surface area contributed by atoms with Gasteiger partial charge in [-0.1, -0.05) is 25.6 Å². The van der Waals surface area contributed by atoms with Gasteiger partial charge in [-0.3, -0.25) is 4.79 Å². The lowest BCUT2D eigenvalue weighted by atomic mass is 10.0. The summed E-state index contributed by atoms with van der Waals surface area (Å²) in [6.45, 7) is 0. The zero-order valence-corrected chi connectivity index (χ0v) is 15.5. The van der Waals surface area contributed by atoms with Crippen LogP contribution in [0.2, 0.25) is 0 Å². The highest BCUT2D eigenvalue weighted by Gasteiger charge is 2.24. The topological polar surface area (TPSA) is 97.2 Å². The van der Waals surface area contributed by atoms with Gasteiger partial charge < -0.3 is 15.0 Å². The summed E-state index contributed by atoms with van der Waals surface area (Å²) >= 11 is 0. The number of hydrogen-bond acceptors (Lipinski definition) is 6. The Morgan fingerprint density at radius 1 is 1.34 bits per heavy atom. The number of imidazole rings is 1. The first kappa shape index (κ1) is 18.9. The number of nitrogens with zero attached hydrogens (tertiary/aromatic N) is 4. The van der Waals surface area contributed by atoms with E-state index in [1.807, 2.05) is 24.3 Å². The predicted molar refractivity (Wildman–Crippen MR) is 112 cm³/mol. The zero-order chi connectivity index (χ0) is 19.1. The number of anilines is 1. The highest BCUT2D eigenvalue weighted by Crippen LogP contribution is 2.29. The van der Waals surface area contributed by atoms with E-state index in [0.29, 0.717) is 18.9 Å². The van der Waals surface area contributed by atoms with Gasteiger partial charge in [0.25, 0.3) is 0 Å². The van der Waals surface area contributed by atoms with E-state index in [1.54, 1.807) is 10.8 Å². The highest BCUT2D eigenvalue weighted by atomic mass is 16.5. The van der Waals surface area contributed by atoms with Crippen molar-refractivity contribution < 1.29 is 9.53 Å². The second kappa shape index (κ2) is 7.54. The normalized spacial score (nSPS) is 13.4. The molecule has 0 spiro atoms. The number of nitrogens with one attached hydrogen (secondary N) is 2. The van der Waals surface area contributed by atoms with Crippen LogP contribution in [0.4, 0.5) is 5.82 Å². The highest BCUT2D eigenvalue weighted by molar-refractivity contribution is 5.86. The number of aromatic amines is 1. The number of esters is 1. The van der Waals surface area contributed by atoms with Crippen LogP contribution < -0.4 is 5.32 Å². The number of aromatic nitrogens is 5. The fraction of sp³-hybridized carbons (Fsp3) is 0.333. The quantitative estimate of drug-likeness (QED) is 0.487. The van der Waals surface area contributed by atoms with E-state index >= 15 is 0 Å². The summed E-state index contributed by atoms with van der Waals surface area (Å²) < 4.78 is 6.49. The number of benzene rings is 1. The van der Waals surface area contributed by atoms with E-state index < -0.39 is 0 Å². The molecule has 0 bridgehead atoms. The Morgan fingerprint density at radius 2 is 2.21 bits per heavy atom. The second-order valence-corrected chi connectivity index (χ2v) is 7.06. The van der Waals surface area contributed by atoms with E-state index in [1.165, 1.54) is 20.0 Å². The number of methoxy groups -OCH3 is 1. The molecule has 150 valence electrons. The number of carbonyl (C=O) groups is 1. The first-order valence-corrected chi connectivity index (χ1v) is 9.37. The molecule has 1 aromatic carbocycles. The molecule has 0 atom stereocenters. The molecule has 0 aliphatic heterocycles. The van der Waals surface area contributed by atoms with Gasteiger partial charge in [0.05, 0.1) is 19.1 Å². The van der Waals surface area contributed by atoms with Crippen molar-refractivity contribution >= 4 is 28.6 Å². The van der Waals surface area contributed by atoms with Crippen LogP contribution in [0.15, 0.2) is 36.7 Å². The van der Waals surface area contributed by atoms with Gasteiger partial charge in [-0.05, 0) is 30.9 Å². The number of fused-ring (bicyclic) bond motifs is 3. The smallest absolute Gasteiger partial charge is 0.305 e. The van der Waals surface area contributed by atoms with Gasteiger partial charge in [0.1, 0.15) is 5.52 Å². The van der Waals surface area contributed by atoms with Crippen molar-refractivity contribution in [2.24, 2.45) is 0 Å². The maximum Gasteiger partial charge on any atom is 0.305 e. The van der Waals surface area contributed by atoms with Gasteiger partial charge in [-0.2, -0.15) is 9.61 Å². The third-order valence-corrected chi connectivity index (χ3v) is 4.96. The molecule has 2 N–H and O–H groups in total. The predicted octanol–water partition coefficient (Wildman–Crippen LogP) is 3.59. The molecule has 5 rings (SSSR count). The van der Waals surface area contributed by atoms with Gasteiger partial charge in [0, 0.05) is 24.1 Å². The molecule has 3 aromatic heterocycles. The maximum absolute atomic E-state index is 11.4. The van der Waals surface area contributed by atoms with Gasteiger partial charge in [0.2, 0.25) is 0 Å². The first-order valence-electron chi connectivity index (χ1n) is 9.37. The van der Waals surface area contributed by atoms with Crippen LogP contribution in [0.25, 0.3) is 28.1 Å². The van der Waals surface area contributed by atoms with Crippen LogP contribution in [0.1, 0.15) is 32.3 Å². The zero-order valence-electron chi connectivity index (χ0n) is 15.5. The maximum atomic E-state index is 11.4. The number of rotatable bonds is 6. The summed E-state index contributed by atoms with van der Waals surface area (Å²) in [7, 11) is 1.41. The van der Waals surface area contributed by atoms with Crippen molar-refractivity contribution in [2.45, 2.75) is 39.2 Å². The van der Waals surface area contributed by atoms with E-state index in [0.717, 1.165) is 39.4 Å². The van der Waals surface area contributed by atoms with Crippen molar-refractivity contribution in [3.8, 4) is 11.3 Å². The minimum Gasteiger partial charge on any atom is -0.469 e. The lowest BCUT2D eigenvalue weighted by molar-refractivity contribution is -0.140. The third kappa shape index (κ3) is 3.65. The Morgan fingerprint density at radius 3 is 3.00 bits per heavy atom. The van der Waals surface area contributed by atoms with Crippen LogP contribution in [0, 0.1) is 0 Å². The first-order chi connectivity index (χ1) is 13.7. The summed E-state index contributed by atoms with van der Waals surface area (Å²) in [4.78, 5) is 23.8. The molecule has 1 saturated carbocycles. The van der Waals surface area contributed by atoms with Crippen molar-refractivity contribution in [1.29, 1.82) is 0 Å². The number of hydrogen-bond donors (Lipinski definition) is 2. The fourth-order valence-corrected chi connectivity index (χ4v) is 3.30. The average Bonchev–Trinajstić information content (AvgIpc) is 3.21. The van der Waals surface area contributed by atoms with Crippen molar-refractivity contribution in [1.82, 2.24) is 24.6 Å². The largest absolute Gasteiger partial charge is 0.469 e. The van der Waals surface area contributed by atoms with Crippen LogP contribution in [0.3, 0.4) is 0 Å². The van der Waals surface area contributed by atoms with E-state index in [4.69, 9.17) is 14.8 Å². The van der Waals surface area contributed by atoms with Gasteiger partial charge in [0.15, 0.2) is 17.1 Å². The summed E-state index contributed by atoms with van der Waals surface area (Å²) in [5.41, 5.74) is 5.22. The molecule has 8 heteroatoms. The van der Waals surface area contributed by atoms with Gasteiger partial charge in [-0.15, -0.1) is 0 Å². The Bertz CT molecular complexity index is 1170. The Labute approximate surface area is 168 Å². The Balaban J connectivity index is 0.00000205. The summed E-state index contributed by atoms with van der Waals surface area (Å²) in [6, 6.07) is 10.5. The van der Waals surface area contributed by atoms with Crippen molar-refractivity contribution in [3.63, 3.8) is 0 Å². The summed E-state index contributed by atoms with van der Waals surface area (Å²) in [6.07, 6.45) is 5.00. The van der Waals surface area contributed by atoms with E-state index in [2.05, 4.69) is 21.4 Å². The summed E-state index contributed by atoms with van der Waals surface area (Å²) in [5.74, 6) is 0.611. The molecule has 0 amide bonds. The molecule has 1 aliphatic rings. The molecule has 0 saturated heterocycles. The molecule has 3 heterocycles. The number of H-pyrrole nitrogens is 1. The molecule has 4 aromatic rings. The average molecular weight is 392 g/mol. The molecule has 1 aliphatic carbocycles. The lowest BCUT2D eigenvalue weighted by Gasteiger charge is -2.05. The molecule has 1 fully saturated rings. The number of ether oxygens (including phenoxy) is 1. The van der Waals surface area contributed by atoms with Crippen LogP contribution in [0.5, 0.6) is 0 Å². The standard InChI is InChI=1S/C20H20N6O2.CH4/c1-28-17(27)8-5-12-3-2-4-13(9-12)15-10-16-24-19(23-14-6-7-14)18-20(22-11-21-18)26(16)25-15;/h2-4,9-11,14H,5-8H2,1H3,(H,21,22)(H,23,24);1H4. The van der Waals surface area contributed by atoms with Gasteiger partial charge in [-0.25, -0.2) is 9.97 Å². The lowest BCUT2D eigenvalue weighted by Crippen LogP contribution is -2.06. The number of carbonyl (C=O) groups excluding carboxylic acids is 1. The van der Waals surface area contributed by atoms with Crippen LogP contribution >= 0.6 is 0 Å². The second-order valence-electron chi connectivity index (χ2n) is 7.06. The molecular formula is C21H24N6O2. The Hall–Kier alpha value is -3.42. The minimum atomic E-state index is -0.209. The van der Waals surface area contributed by atoms with Gasteiger partial charge >= 0.3 is 5.97 Å².